The Kier molecular flexibility index (Phi) is 10.7. The van der Waals surface area contributed by atoms with E-state index in [4.69, 9.17) is 14.6 Å². The maximum Gasteiger partial charge on any atom is 0.410 e. The van der Waals surface area contributed by atoms with Gasteiger partial charge in [0.1, 0.15) is 11.4 Å². The SMILES string of the molecule is CC.CC(C)(C)OC(=O)N1CCOCC1.Cc1cc(Br)ccc1O. The predicted molar refractivity (Wildman–Crippen MR) is 101 cm³/mol. The Morgan fingerprint density at radius 1 is 1.25 bits per heavy atom. The van der Waals surface area contributed by atoms with Crippen molar-refractivity contribution in [2.75, 3.05) is 26.3 Å². The van der Waals surface area contributed by atoms with Gasteiger partial charge in [0.05, 0.1) is 13.2 Å². The lowest BCUT2D eigenvalue weighted by Gasteiger charge is -2.29. The summed E-state index contributed by atoms with van der Waals surface area (Å²) in [7, 11) is 0. The second-order valence-corrected chi connectivity index (χ2v) is 6.93. The summed E-state index contributed by atoms with van der Waals surface area (Å²) in [6.45, 7) is 13.9. The van der Waals surface area contributed by atoms with Crippen LogP contribution in [0.4, 0.5) is 4.79 Å². The Hall–Kier alpha value is -1.27. The van der Waals surface area contributed by atoms with Crippen molar-refractivity contribution in [2.45, 2.75) is 47.1 Å². The van der Waals surface area contributed by atoms with E-state index in [0.29, 0.717) is 32.1 Å². The Morgan fingerprint density at radius 3 is 2.21 bits per heavy atom. The Balaban J connectivity index is 0.000000420. The van der Waals surface area contributed by atoms with Gasteiger partial charge in [-0.2, -0.15) is 0 Å². The average molecular weight is 404 g/mol. The molecule has 0 bridgehead atoms. The molecular formula is C18H30BrNO4. The van der Waals surface area contributed by atoms with Crippen LogP contribution in [0.25, 0.3) is 0 Å². The van der Waals surface area contributed by atoms with Gasteiger partial charge in [-0.05, 0) is 51.5 Å². The van der Waals surface area contributed by atoms with E-state index in [1.807, 2.05) is 53.7 Å². The molecule has 2 rings (SSSR count). The zero-order valence-corrected chi connectivity index (χ0v) is 17.1. The van der Waals surface area contributed by atoms with E-state index in [0.717, 1.165) is 10.0 Å². The second kappa shape index (κ2) is 11.3. The topological polar surface area (TPSA) is 59.0 Å². The molecule has 5 nitrogen and oxygen atoms in total. The molecule has 1 fully saturated rings. The summed E-state index contributed by atoms with van der Waals surface area (Å²) < 4.78 is 11.3. The number of halogens is 1. The van der Waals surface area contributed by atoms with Crippen LogP contribution < -0.4 is 0 Å². The Bertz CT molecular complexity index is 494. The molecule has 0 radical (unpaired) electrons. The van der Waals surface area contributed by atoms with Gasteiger partial charge in [0.15, 0.2) is 0 Å². The fourth-order valence-corrected chi connectivity index (χ4v) is 2.17. The van der Waals surface area contributed by atoms with Crippen LogP contribution in [-0.4, -0.2) is 48.0 Å². The number of carbonyl (C=O) groups is 1. The van der Waals surface area contributed by atoms with Crippen molar-refractivity contribution >= 4 is 22.0 Å². The number of carbonyl (C=O) groups excluding carboxylic acids is 1. The third kappa shape index (κ3) is 9.78. The molecule has 1 aliphatic rings. The van der Waals surface area contributed by atoms with Crippen molar-refractivity contribution in [1.82, 2.24) is 4.90 Å². The van der Waals surface area contributed by atoms with Crippen molar-refractivity contribution < 1.29 is 19.4 Å². The lowest BCUT2D eigenvalue weighted by atomic mass is 10.2. The number of rotatable bonds is 0. The van der Waals surface area contributed by atoms with Gasteiger partial charge in [-0.25, -0.2) is 4.79 Å². The molecule has 24 heavy (non-hydrogen) atoms. The van der Waals surface area contributed by atoms with E-state index in [1.54, 1.807) is 11.0 Å². The van der Waals surface area contributed by atoms with Gasteiger partial charge in [0.2, 0.25) is 0 Å². The van der Waals surface area contributed by atoms with E-state index < -0.39 is 5.60 Å². The van der Waals surface area contributed by atoms with Crippen molar-refractivity contribution in [3.8, 4) is 5.75 Å². The zero-order valence-electron chi connectivity index (χ0n) is 15.6. The maximum absolute atomic E-state index is 11.5. The van der Waals surface area contributed by atoms with Gasteiger partial charge in [-0.15, -0.1) is 0 Å². The fourth-order valence-electron chi connectivity index (χ4n) is 1.69. The highest BCUT2D eigenvalue weighted by atomic mass is 79.9. The molecule has 1 aromatic rings. The van der Waals surface area contributed by atoms with Gasteiger partial charge in [-0.1, -0.05) is 29.8 Å². The normalized spacial score (nSPS) is 13.9. The van der Waals surface area contributed by atoms with Crippen LogP contribution in [-0.2, 0) is 9.47 Å². The standard InChI is InChI=1S/C9H17NO3.C7H7BrO.C2H6/c1-9(2,3)13-8(11)10-4-6-12-7-5-10;1-5-4-6(8)2-3-7(5)9;1-2/h4-7H2,1-3H3;2-4,9H,1H3;1-2H3. The molecule has 1 N–H and O–H groups in total. The van der Waals surface area contributed by atoms with Crippen LogP contribution >= 0.6 is 15.9 Å². The highest BCUT2D eigenvalue weighted by Crippen LogP contribution is 2.19. The van der Waals surface area contributed by atoms with E-state index >= 15 is 0 Å². The number of nitrogens with zero attached hydrogens (tertiary/aromatic N) is 1. The Morgan fingerprint density at radius 2 is 1.79 bits per heavy atom. The van der Waals surface area contributed by atoms with Crippen molar-refractivity contribution in [2.24, 2.45) is 0 Å². The molecule has 1 aliphatic heterocycles. The van der Waals surface area contributed by atoms with Gasteiger partial charge in [0, 0.05) is 17.6 Å². The minimum atomic E-state index is -0.407. The maximum atomic E-state index is 11.5. The monoisotopic (exact) mass is 403 g/mol. The lowest BCUT2D eigenvalue weighted by Crippen LogP contribution is -2.43. The highest BCUT2D eigenvalue weighted by Gasteiger charge is 2.23. The minimum Gasteiger partial charge on any atom is -0.508 e. The number of amides is 1. The summed E-state index contributed by atoms with van der Waals surface area (Å²) in [5, 5.41) is 9.02. The summed E-state index contributed by atoms with van der Waals surface area (Å²) in [5.74, 6) is 0.346. The van der Waals surface area contributed by atoms with Crippen molar-refractivity contribution in [1.29, 1.82) is 0 Å². The molecule has 0 aliphatic carbocycles. The summed E-state index contributed by atoms with van der Waals surface area (Å²) in [6.07, 6.45) is -0.240. The fraction of sp³-hybridized carbons (Fsp3) is 0.611. The predicted octanol–water partition coefficient (Wildman–Crippen LogP) is 4.74. The average Bonchev–Trinajstić information content (AvgIpc) is 2.53. The summed E-state index contributed by atoms with van der Waals surface area (Å²) >= 11 is 3.29. The highest BCUT2D eigenvalue weighted by molar-refractivity contribution is 9.10. The summed E-state index contributed by atoms with van der Waals surface area (Å²) in [4.78, 5) is 13.1. The lowest BCUT2D eigenvalue weighted by molar-refractivity contribution is -0.00677. The number of benzene rings is 1. The molecule has 1 aromatic carbocycles. The quantitative estimate of drug-likeness (QED) is 0.679. The number of hydrogen-bond acceptors (Lipinski definition) is 4. The molecule has 138 valence electrons. The number of ether oxygens (including phenoxy) is 2. The largest absolute Gasteiger partial charge is 0.508 e. The van der Waals surface area contributed by atoms with Gasteiger partial charge < -0.3 is 19.5 Å². The molecule has 0 spiro atoms. The molecule has 6 heteroatoms. The number of phenolic OH excluding ortho intramolecular Hbond substituents is 1. The smallest absolute Gasteiger partial charge is 0.410 e. The van der Waals surface area contributed by atoms with Crippen LogP contribution in [0.1, 0.15) is 40.2 Å². The summed E-state index contributed by atoms with van der Waals surface area (Å²) in [6, 6.07) is 5.34. The van der Waals surface area contributed by atoms with Crippen LogP contribution in [0.15, 0.2) is 22.7 Å². The van der Waals surface area contributed by atoms with Crippen molar-refractivity contribution in [3.05, 3.63) is 28.2 Å². The first-order valence-electron chi connectivity index (χ1n) is 8.20. The molecule has 1 heterocycles. The molecule has 0 saturated carbocycles. The third-order valence-electron chi connectivity index (χ3n) is 2.82. The molecule has 1 amide bonds. The summed E-state index contributed by atoms with van der Waals surface area (Å²) in [5.41, 5.74) is 0.486. The van der Waals surface area contributed by atoms with Crippen LogP contribution in [0.5, 0.6) is 5.75 Å². The first kappa shape index (κ1) is 22.7. The van der Waals surface area contributed by atoms with E-state index in [1.165, 1.54) is 0 Å². The minimum absolute atomic E-state index is 0.240. The van der Waals surface area contributed by atoms with E-state index in [9.17, 15) is 4.79 Å². The Labute approximate surface area is 154 Å². The molecular weight excluding hydrogens is 374 g/mol. The molecule has 1 saturated heterocycles. The number of phenols is 1. The first-order valence-corrected chi connectivity index (χ1v) is 8.99. The number of aromatic hydroxyl groups is 1. The number of aryl methyl sites for hydroxylation is 1. The first-order chi connectivity index (χ1) is 11.2. The van der Waals surface area contributed by atoms with Crippen LogP contribution in [0.2, 0.25) is 0 Å². The number of hydrogen-bond donors (Lipinski definition) is 1. The number of morpholine rings is 1. The van der Waals surface area contributed by atoms with Gasteiger partial charge >= 0.3 is 6.09 Å². The molecule has 0 aromatic heterocycles. The van der Waals surface area contributed by atoms with E-state index in [2.05, 4.69) is 15.9 Å². The van der Waals surface area contributed by atoms with Crippen LogP contribution in [0, 0.1) is 6.92 Å². The van der Waals surface area contributed by atoms with Gasteiger partial charge in [-0.3, -0.25) is 0 Å². The van der Waals surface area contributed by atoms with E-state index in [-0.39, 0.29) is 6.09 Å². The third-order valence-corrected chi connectivity index (χ3v) is 3.31. The van der Waals surface area contributed by atoms with Crippen molar-refractivity contribution in [3.63, 3.8) is 0 Å². The zero-order chi connectivity index (χ0) is 18.8. The molecule has 0 unspecified atom stereocenters. The second-order valence-electron chi connectivity index (χ2n) is 6.01. The van der Waals surface area contributed by atoms with Crippen LogP contribution in [0.3, 0.4) is 0 Å². The molecule has 0 atom stereocenters. The van der Waals surface area contributed by atoms with Gasteiger partial charge in [0.25, 0.3) is 0 Å².